The van der Waals surface area contributed by atoms with Crippen LogP contribution in [0.2, 0.25) is 0 Å². The first-order chi connectivity index (χ1) is 15.1. The molecule has 1 saturated heterocycles. The highest BCUT2D eigenvalue weighted by Gasteiger charge is 2.46. The number of pyridine rings is 2. The standard InChI is InChI=1S/C24H19N3O4/c28-22(18-3-4-19-17(12-18)7-11-31-19)20-21(16-5-9-25-10-6-16)27(24(30)23(20)29)14-15-2-1-8-26-13-15/h1-6,8-10,12-13,21,28H,7,11,14H2/b22-20-. The normalized spacial score (nSPS) is 19.4. The molecule has 1 unspecified atom stereocenters. The molecule has 0 aliphatic carbocycles. The molecule has 4 heterocycles. The van der Waals surface area contributed by atoms with Crippen LogP contribution in [0, 0.1) is 0 Å². The number of carbonyl (C=O) groups excluding carboxylic acids is 2. The molecule has 0 saturated carbocycles. The third kappa shape index (κ3) is 3.34. The Hall–Kier alpha value is -4.00. The number of hydrogen-bond acceptors (Lipinski definition) is 6. The fourth-order valence-electron chi connectivity index (χ4n) is 4.11. The van der Waals surface area contributed by atoms with Gasteiger partial charge in [0.05, 0.1) is 18.2 Å². The molecule has 154 valence electrons. The second kappa shape index (κ2) is 7.68. The average molecular weight is 413 g/mol. The zero-order valence-electron chi connectivity index (χ0n) is 16.6. The predicted molar refractivity (Wildman–Crippen MR) is 112 cm³/mol. The Morgan fingerprint density at radius 1 is 1.10 bits per heavy atom. The van der Waals surface area contributed by atoms with Crippen molar-refractivity contribution in [1.29, 1.82) is 0 Å². The van der Waals surface area contributed by atoms with E-state index in [4.69, 9.17) is 4.74 Å². The van der Waals surface area contributed by atoms with E-state index in [1.807, 2.05) is 12.1 Å². The summed E-state index contributed by atoms with van der Waals surface area (Å²) in [5.41, 5.74) is 3.01. The summed E-state index contributed by atoms with van der Waals surface area (Å²) in [4.78, 5) is 35.7. The minimum absolute atomic E-state index is 0.0685. The number of aliphatic hydroxyl groups is 1. The van der Waals surface area contributed by atoms with Gasteiger partial charge < -0.3 is 14.7 Å². The molecule has 1 atom stereocenters. The molecule has 2 aliphatic rings. The van der Waals surface area contributed by atoms with Gasteiger partial charge in [-0.2, -0.15) is 0 Å². The number of likely N-dealkylation sites (tertiary alicyclic amines) is 1. The second-order valence-electron chi connectivity index (χ2n) is 7.49. The molecule has 7 heteroatoms. The lowest BCUT2D eigenvalue weighted by Gasteiger charge is -2.25. The summed E-state index contributed by atoms with van der Waals surface area (Å²) in [5, 5.41) is 11.2. The molecule has 7 nitrogen and oxygen atoms in total. The maximum Gasteiger partial charge on any atom is 0.295 e. The number of ether oxygens (including phenoxy) is 1. The smallest absolute Gasteiger partial charge is 0.295 e. The third-order valence-electron chi connectivity index (χ3n) is 5.60. The van der Waals surface area contributed by atoms with Crippen LogP contribution in [0.15, 0.2) is 72.8 Å². The van der Waals surface area contributed by atoms with Gasteiger partial charge in [0.1, 0.15) is 11.5 Å². The molecule has 0 radical (unpaired) electrons. The average Bonchev–Trinajstić information content (AvgIpc) is 3.38. The third-order valence-corrected chi connectivity index (χ3v) is 5.60. The van der Waals surface area contributed by atoms with E-state index in [0.29, 0.717) is 17.7 Å². The van der Waals surface area contributed by atoms with Gasteiger partial charge in [-0.1, -0.05) is 6.07 Å². The van der Waals surface area contributed by atoms with Crippen molar-refractivity contribution in [2.24, 2.45) is 0 Å². The Kier molecular flexibility index (Phi) is 4.71. The first-order valence-corrected chi connectivity index (χ1v) is 9.97. The van der Waals surface area contributed by atoms with Crippen LogP contribution in [0.5, 0.6) is 5.75 Å². The minimum atomic E-state index is -0.729. The number of aromatic nitrogens is 2. The van der Waals surface area contributed by atoms with Crippen molar-refractivity contribution >= 4 is 17.4 Å². The lowest BCUT2D eigenvalue weighted by molar-refractivity contribution is -0.140. The lowest BCUT2D eigenvalue weighted by Crippen LogP contribution is -2.29. The maximum atomic E-state index is 13.1. The molecular formula is C24H19N3O4. The Morgan fingerprint density at radius 2 is 1.94 bits per heavy atom. The lowest BCUT2D eigenvalue weighted by atomic mass is 9.95. The molecule has 2 aromatic heterocycles. The van der Waals surface area contributed by atoms with E-state index in [0.717, 1.165) is 23.3 Å². The number of hydrogen-bond donors (Lipinski definition) is 1. The summed E-state index contributed by atoms with van der Waals surface area (Å²) < 4.78 is 5.53. The van der Waals surface area contributed by atoms with Crippen LogP contribution in [-0.4, -0.2) is 38.3 Å². The van der Waals surface area contributed by atoms with Gasteiger partial charge in [-0.3, -0.25) is 19.6 Å². The second-order valence-corrected chi connectivity index (χ2v) is 7.49. The fraction of sp³-hybridized carbons (Fsp3) is 0.167. The molecule has 3 aromatic rings. The zero-order valence-corrected chi connectivity index (χ0v) is 16.6. The number of aliphatic hydroxyl groups excluding tert-OH is 1. The van der Waals surface area contributed by atoms with Gasteiger partial charge in [0.2, 0.25) is 0 Å². The van der Waals surface area contributed by atoms with Crippen molar-refractivity contribution in [1.82, 2.24) is 14.9 Å². The molecule has 1 amide bonds. The zero-order chi connectivity index (χ0) is 21.4. The van der Waals surface area contributed by atoms with E-state index >= 15 is 0 Å². The van der Waals surface area contributed by atoms with Crippen LogP contribution in [0.1, 0.15) is 28.3 Å². The highest BCUT2D eigenvalue weighted by atomic mass is 16.5. The summed E-state index contributed by atoms with van der Waals surface area (Å²) in [5.74, 6) is -0.778. The van der Waals surface area contributed by atoms with Crippen molar-refractivity contribution in [3.63, 3.8) is 0 Å². The molecule has 0 spiro atoms. The van der Waals surface area contributed by atoms with E-state index in [9.17, 15) is 14.7 Å². The van der Waals surface area contributed by atoms with Crippen molar-refractivity contribution < 1.29 is 19.4 Å². The van der Waals surface area contributed by atoms with Gasteiger partial charge in [-0.15, -0.1) is 0 Å². The molecule has 1 N–H and O–H groups in total. The van der Waals surface area contributed by atoms with Crippen LogP contribution in [0.4, 0.5) is 0 Å². The quantitative estimate of drug-likeness (QED) is 0.402. The Labute approximate surface area is 178 Å². The van der Waals surface area contributed by atoms with Gasteiger partial charge in [0, 0.05) is 43.3 Å². The van der Waals surface area contributed by atoms with Gasteiger partial charge in [0.15, 0.2) is 0 Å². The molecule has 1 aromatic carbocycles. The Balaban J connectivity index is 1.63. The number of ketones is 1. The van der Waals surface area contributed by atoms with Crippen LogP contribution >= 0.6 is 0 Å². The number of benzene rings is 1. The van der Waals surface area contributed by atoms with Crippen LogP contribution < -0.4 is 4.74 Å². The summed E-state index contributed by atoms with van der Waals surface area (Å²) in [7, 11) is 0. The van der Waals surface area contributed by atoms with Crippen LogP contribution in [0.3, 0.4) is 0 Å². The van der Waals surface area contributed by atoms with Crippen LogP contribution in [-0.2, 0) is 22.6 Å². The maximum absolute atomic E-state index is 13.1. The van der Waals surface area contributed by atoms with E-state index in [-0.39, 0.29) is 17.9 Å². The molecule has 0 bridgehead atoms. The van der Waals surface area contributed by atoms with E-state index in [1.54, 1.807) is 55.1 Å². The SMILES string of the molecule is O=C1C(=O)N(Cc2cccnc2)C(c2ccncc2)/C1=C(/O)c1ccc2c(c1)CCO2. The molecule has 2 aliphatic heterocycles. The Bertz CT molecular complexity index is 1190. The summed E-state index contributed by atoms with van der Waals surface area (Å²) in [6.45, 7) is 0.784. The van der Waals surface area contributed by atoms with Gasteiger partial charge in [0.25, 0.3) is 11.7 Å². The van der Waals surface area contributed by atoms with Gasteiger partial charge in [-0.25, -0.2) is 0 Å². The van der Waals surface area contributed by atoms with Crippen molar-refractivity contribution in [2.45, 2.75) is 19.0 Å². The first-order valence-electron chi connectivity index (χ1n) is 9.97. The summed E-state index contributed by atoms with van der Waals surface area (Å²) in [6.07, 6.45) is 7.25. The Morgan fingerprint density at radius 3 is 2.71 bits per heavy atom. The first kappa shape index (κ1) is 19.0. The highest BCUT2D eigenvalue weighted by molar-refractivity contribution is 6.46. The molecule has 31 heavy (non-hydrogen) atoms. The predicted octanol–water partition coefficient (Wildman–Crippen LogP) is 3.03. The van der Waals surface area contributed by atoms with E-state index in [1.165, 1.54) is 4.90 Å². The molecule has 1 fully saturated rings. The largest absolute Gasteiger partial charge is 0.507 e. The van der Waals surface area contributed by atoms with Gasteiger partial charge in [-0.05, 0) is 53.1 Å². The van der Waals surface area contributed by atoms with E-state index < -0.39 is 17.7 Å². The number of rotatable bonds is 4. The summed E-state index contributed by atoms with van der Waals surface area (Å²) in [6, 6.07) is 11.7. The monoisotopic (exact) mass is 413 g/mol. The molecular weight excluding hydrogens is 394 g/mol. The van der Waals surface area contributed by atoms with Crippen molar-refractivity contribution in [3.05, 3.63) is 95.1 Å². The number of carbonyl (C=O) groups is 2. The number of fused-ring (bicyclic) bond motifs is 1. The number of nitrogens with zero attached hydrogens (tertiary/aromatic N) is 3. The topological polar surface area (TPSA) is 92.6 Å². The van der Waals surface area contributed by atoms with Gasteiger partial charge >= 0.3 is 0 Å². The van der Waals surface area contributed by atoms with E-state index in [2.05, 4.69) is 9.97 Å². The summed E-state index contributed by atoms with van der Waals surface area (Å²) >= 11 is 0. The number of Topliss-reactive ketones (excluding diaryl/α,β-unsaturated/α-hetero) is 1. The van der Waals surface area contributed by atoms with Crippen molar-refractivity contribution in [2.75, 3.05) is 6.61 Å². The van der Waals surface area contributed by atoms with Crippen molar-refractivity contribution in [3.8, 4) is 5.75 Å². The number of amides is 1. The highest BCUT2D eigenvalue weighted by Crippen LogP contribution is 2.40. The minimum Gasteiger partial charge on any atom is -0.507 e. The van der Waals surface area contributed by atoms with Crippen LogP contribution in [0.25, 0.3) is 5.76 Å². The fourth-order valence-corrected chi connectivity index (χ4v) is 4.11. The molecule has 5 rings (SSSR count).